The maximum atomic E-state index is 12.0. The number of carbonyl (C=O) groups is 2. The largest absolute Gasteiger partial charge is 0.344 e. The fourth-order valence-electron chi connectivity index (χ4n) is 1.80. The number of nitrogens with zero attached hydrogens (tertiary/aromatic N) is 1. The van der Waals surface area contributed by atoms with Crippen molar-refractivity contribution in [2.45, 2.75) is 33.6 Å². The second kappa shape index (κ2) is 7.68. The summed E-state index contributed by atoms with van der Waals surface area (Å²) in [7, 11) is 1.76. The molecule has 0 aromatic heterocycles. The van der Waals surface area contributed by atoms with E-state index in [9.17, 15) is 9.59 Å². The van der Waals surface area contributed by atoms with Gasteiger partial charge in [0.1, 0.15) is 0 Å². The summed E-state index contributed by atoms with van der Waals surface area (Å²) in [6.45, 7) is 6.83. The quantitative estimate of drug-likeness (QED) is 0.866. The van der Waals surface area contributed by atoms with Crippen molar-refractivity contribution in [3.8, 4) is 0 Å². The van der Waals surface area contributed by atoms with E-state index in [1.165, 1.54) is 0 Å². The van der Waals surface area contributed by atoms with Crippen LogP contribution in [0.1, 0.15) is 41.3 Å². The van der Waals surface area contributed by atoms with Crippen LogP contribution >= 0.6 is 0 Å². The maximum absolute atomic E-state index is 12.0. The summed E-state index contributed by atoms with van der Waals surface area (Å²) >= 11 is 0. The number of hydrogen-bond donors (Lipinski definition) is 1. The monoisotopic (exact) mass is 276 g/mol. The van der Waals surface area contributed by atoms with Crippen LogP contribution in [0.25, 0.3) is 0 Å². The number of likely N-dealkylation sites (N-methyl/N-ethyl adjacent to an activating group) is 1. The van der Waals surface area contributed by atoms with Crippen LogP contribution in [0.3, 0.4) is 0 Å². The number of carbonyl (C=O) groups excluding carboxylic acids is 2. The van der Waals surface area contributed by atoms with E-state index in [1.54, 1.807) is 18.0 Å². The Balaban J connectivity index is 2.50. The molecule has 4 heteroatoms. The minimum Gasteiger partial charge on any atom is -0.344 e. The van der Waals surface area contributed by atoms with Gasteiger partial charge in [-0.1, -0.05) is 19.4 Å². The average molecular weight is 276 g/mol. The van der Waals surface area contributed by atoms with Gasteiger partial charge < -0.3 is 10.2 Å². The zero-order chi connectivity index (χ0) is 15.1. The fraction of sp³-hybridized carbons (Fsp3) is 0.500. The first-order chi connectivity index (χ1) is 9.45. The topological polar surface area (TPSA) is 49.4 Å². The third kappa shape index (κ3) is 4.68. The van der Waals surface area contributed by atoms with Gasteiger partial charge in [-0.05, 0) is 43.5 Å². The van der Waals surface area contributed by atoms with Crippen LogP contribution in [0, 0.1) is 13.8 Å². The van der Waals surface area contributed by atoms with Crippen molar-refractivity contribution in [3.05, 3.63) is 34.9 Å². The van der Waals surface area contributed by atoms with Gasteiger partial charge in [-0.25, -0.2) is 0 Å². The minimum atomic E-state index is -0.203. The van der Waals surface area contributed by atoms with Crippen LogP contribution in [0.4, 0.5) is 0 Å². The van der Waals surface area contributed by atoms with E-state index < -0.39 is 0 Å². The van der Waals surface area contributed by atoms with Crippen LogP contribution < -0.4 is 5.32 Å². The molecule has 0 aliphatic carbocycles. The fourth-order valence-corrected chi connectivity index (χ4v) is 1.80. The summed E-state index contributed by atoms with van der Waals surface area (Å²) in [5.74, 6) is -0.263. The number of amides is 2. The normalized spacial score (nSPS) is 10.2. The first-order valence-electron chi connectivity index (χ1n) is 7.05. The van der Waals surface area contributed by atoms with E-state index in [2.05, 4.69) is 12.2 Å². The second-order valence-electron chi connectivity index (χ2n) is 5.15. The molecule has 0 radical (unpaired) electrons. The third-order valence-electron chi connectivity index (χ3n) is 3.44. The van der Waals surface area contributed by atoms with Crippen LogP contribution in [-0.2, 0) is 4.79 Å². The van der Waals surface area contributed by atoms with Gasteiger partial charge in [0.05, 0.1) is 6.54 Å². The van der Waals surface area contributed by atoms with Crippen LogP contribution in [-0.4, -0.2) is 36.9 Å². The summed E-state index contributed by atoms with van der Waals surface area (Å²) in [5.41, 5.74) is 2.82. The van der Waals surface area contributed by atoms with E-state index in [0.29, 0.717) is 5.56 Å². The highest BCUT2D eigenvalue weighted by atomic mass is 16.2. The van der Waals surface area contributed by atoms with Crippen molar-refractivity contribution in [2.75, 3.05) is 20.1 Å². The lowest BCUT2D eigenvalue weighted by molar-refractivity contribution is -0.128. The summed E-state index contributed by atoms with van der Waals surface area (Å²) < 4.78 is 0. The van der Waals surface area contributed by atoms with Crippen molar-refractivity contribution < 1.29 is 9.59 Å². The molecule has 110 valence electrons. The van der Waals surface area contributed by atoms with E-state index in [0.717, 1.165) is 30.5 Å². The maximum Gasteiger partial charge on any atom is 0.251 e. The van der Waals surface area contributed by atoms with Gasteiger partial charge >= 0.3 is 0 Å². The lowest BCUT2D eigenvalue weighted by atomic mass is 10.1. The Morgan fingerprint density at radius 3 is 2.50 bits per heavy atom. The lowest BCUT2D eigenvalue weighted by Gasteiger charge is -2.17. The Kier molecular flexibility index (Phi) is 6.22. The SMILES string of the molecule is CCCCN(C)C(=O)CNC(=O)c1ccc(C)c(C)c1. The zero-order valence-electron chi connectivity index (χ0n) is 12.8. The molecule has 0 spiro atoms. The van der Waals surface area contributed by atoms with Gasteiger partial charge in [0.25, 0.3) is 5.91 Å². The number of hydrogen-bond acceptors (Lipinski definition) is 2. The van der Waals surface area contributed by atoms with Crippen molar-refractivity contribution in [1.29, 1.82) is 0 Å². The molecule has 0 atom stereocenters. The molecule has 0 aliphatic rings. The Labute approximate surface area is 121 Å². The number of nitrogens with one attached hydrogen (secondary N) is 1. The van der Waals surface area contributed by atoms with E-state index >= 15 is 0 Å². The molecular weight excluding hydrogens is 252 g/mol. The number of aryl methyl sites for hydroxylation is 2. The summed E-state index contributed by atoms with van der Waals surface area (Å²) in [6, 6.07) is 5.54. The number of rotatable bonds is 6. The van der Waals surface area contributed by atoms with Crippen LogP contribution in [0.15, 0.2) is 18.2 Å². The number of unbranched alkanes of at least 4 members (excludes halogenated alkanes) is 1. The molecule has 4 nitrogen and oxygen atoms in total. The molecule has 1 N–H and O–H groups in total. The standard InChI is InChI=1S/C16H24N2O2/c1-5-6-9-18(4)15(19)11-17-16(20)14-8-7-12(2)13(3)10-14/h7-8,10H,5-6,9,11H2,1-4H3,(H,17,20). The second-order valence-corrected chi connectivity index (χ2v) is 5.15. The van der Waals surface area contributed by atoms with E-state index in [1.807, 2.05) is 26.0 Å². The van der Waals surface area contributed by atoms with Crippen molar-refractivity contribution in [1.82, 2.24) is 10.2 Å². The molecule has 0 heterocycles. The first kappa shape index (κ1) is 16.2. The van der Waals surface area contributed by atoms with Gasteiger partial charge in [-0.15, -0.1) is 0 Å². The molecule has 0 unspecified atom stereocenters. The van der Waals surface area contributed by atoms with Crippen LogP contribution in [0.5, 0.6) is 0 Å². The van der Waals surface area contributed by atoms with Gasteiger partial charge in [0.15, 0.2) is 0 Å². The summed E-state index contributed by atoms with van der Waals surface area (Å²) in [6.07, 6.45) is 2.03. The Bertz CT molecular complexity index is 483. The van der Waals surface area contributed by atoms with Gasteiger partial charge in [0.2, 0.25) is 5.91 Å². The summed E-state index contributed by atoms with van der Waals surface area (Å²) in [4.78, 5) is 25.4. The first-order valence-corrected chi connectivity index (χ1v) is 7.05. The van der Waals surface area contributed by atoms with Gasteiger partial charge in [-0.3, -0.25) is 9.59 Å². The molecule has 0 fully saturated rings. The molecule has 0 saturated carbocycles. The van der Waals surface area contributed by atoms with Crippen molar-refractivity contribution in [3.63, 3.8) is 0 Å². The molecule has 2 amide bonds. The highest BCUT2D eigenvalue weighted by molar-refractivity contribution is 5.96. The Hall–Kier alpha value is -1.84. The zero-order valence-corrected chi connectivity index (χ0v) is 12.8. The molecule has 20 heavy (non-hydrogen) atoms. The van der Waals surface area contributed by atoms with Crippen molar-refractivity contribution >= 4 is 11.8 Å². The average Bonchev–Trinajstić information content (AvgIpc) is 2.44. The molecule has 1 aromatic rings. The van der Waals surface area contributed by atoms with Crippen LogP contribution in [0.2, 0.25) is 0 Å². The van der Waals surface area contributed by atoms with Crippen molar-refractivity contribution in [2.24, 2.45) is 0 Å². The minimum absolute atomic E-state index is 0.0476. The van der Waals surface area contributed by atoms with E-state index in [-0.39, 0.29) is 18.4 Å². The molecule has 0 aliphatic heterocycles. The number of benzene rings is 1. The lowest BCUT2D eigenvalue weighted by Crippen LogP contribution is -2.38. The molecule has 1 rings (SSSR count). The Morgan fingerprint density at radius 1 is 1.20 bits per heavy atom. The predicted molar refractivity (Wildman–Crippen MR) is 80.8 cm³/mol. The molecule has 0 saturated heterocycles. The van der Waals surface area contributed by atoms with Gasteiger partial charge in [0, 0.05) is 19.2 Å². The van der Waals surface area contributed by atoms with Gasteiger partial charge in [-0.2, -0.15) is 0 Å². The third-order valence-corrected chi connectivity index (χ3v) is 3.44. The highest BCUT2D eigenvalue weighted by Gasteiger charge is 2.11. The molecular formula is C16H24N2O2. The smallest absolute Gasteiger partial charge is 0.251 e. The molecule has 0 bridgehead atoms. The Morgan fingerprint density at radius 2 is 1.90 bits per heavy atom. The van der Waals surface area contributed by atoms with E-state index in [4.69, 9.17) is 0 Å². The summed E-state index contributed by atoms with van der Waals surface area (Å²) in [5, 5.41) is 2.67. The molecule has 1 aromatic carbocycles. The highest BCUT2D eigenvalue weighted by Crippen LogP contribution is 2.09. The predicted octanol–water partition coefficient (Wildman–Crippen LogP) is 2.29.